The summed E-state index contributed by atoms with van der Waals surface area (Å²) in [4.78, 5) is 15.1. The van der Waals surface area contributed by atoms with Gasteiger partial charge in [-0.05, 0) is 42.2 Å². The molecule has 0 aromatic heterocycles. The Morgan fingerprint density at radius 3 is 2.52 bits per heavy atom. The maximum absolute atomic E-state index is 12.7. The van der Waals surface area contributed by atoms with Crippen LogP contribution in [0, 0.1) is 0 Å². The summed E-state index contributed by atoms with van der Waals surface area (Å²) in [7, 11) is 0. The van der Waals surface area contributed by atoms with Crippen LogP contribution >= 0.6 is 0 Å². The lowest BCUT2D eigenvalue weighted by atomic mass is 10.1. The Labute approximate surface area is 171 Å². The third-order valence-electron chi connectivity index (χ3n) is 6.09. The van der Waals surface area contributed by atoms with Gasteiger partial charge in [0.2, 0.25) is 0 Å². The van der Waals surface area contributed by atoms with Crippen LogP contribution in [0.25, 0.3) is 10.8 Å². The number of carbonyl (C=O) groups excluding carboxylic acids is 1. The third kappa shape index (κ3) is 5.05. The van der Waals surface area contributed by atoms with Gasteiger partial charge in [-0.25, -0.2) is 4.79 Å². The lowest BCUT2D eigenvalue weighted by Gasteiger charge is -2.44. The first-order valence-corrected chi connectivity index (χ1v) is 10.7. The van der Waals surface area contributed by atoms with E-state index in [-0.39, 0.29) is 18.5 Å². The van der Waals surface area contributed by atoms with Crippen molar-refractivity contribution in [3.63, 3.8) is 0 Å². The summed E-state index contributed by atoms with van der Waals surface area (Å²) in [6.45, 7) is 0.830. The number of amides is 2. The fourth-order valence-electron chi connectivity index (χ4n) is 4.54. The van der Waals surface area contributed by atoms with E-state index < -0.39 is 0 Å². The Balaban J connectivity index is 1.43. The van der Waals surface area contributed by atoms with Crippen LogP contribution in [0.3, 0.4) is 0 Å². The number of hydrogen-bond donors (Lipinski definition) is 5. The molecule has 1 aliphatic heterocycles. The molecule has 0 bridgehead atoms. The Morgan fingerprint density at radius 1 is 1.00 bits per heavy atom. The summed E-state index contributed by atoms with van der Waals surface area (Å²) in [5.41, 5.74) is 3.06. The fourth-order valence-corrected chi connectivity index (χ4v) is 4.54. The summed E-state index contributed by atoms with van der Waals surface area (Å²) in [5.74, 6) is 0. The van der Waals surface area contributed by atoms with Gasteiger partial charge in [-0.15, -0.1) is 0 Å². The van der Waals surface area contributed by atoms with Crippen LogP contribution in [0.2, 0.25) is 0 Å². The molecular formula is C22H31N5O2. The summed E-state index contributed by atoms with van der Waals surface area (Å²) >= 11 is 0. The van der Waals surface area contributed by atoms with Gasteiger partial charge in [-0.2, -0.15) is 5.48 Å². The maximum Gasteiger partial charge on any atom is 0.321 e. The van der Waals surface area contributed by atoms with Crippen LogP contribution in [-0.2, 0) is 0 Å². The van der Waals surface area contributed by atoms with E-state index in [9.17, 15) is 10.0 Å². The van der Waals surface area contributed by atoms with Gasteiger partial charge < -0.3 is 15.8 Å². The molecule has 156 valence electrons. The van der Waals surface area contributed by atoms with Crippen molar-refractivity contribution in [3.05, 3.63) is 42.5 Å². The molecule has 0 radical (unpaired) electrons. The van der Waals surface area contributed by atoms with E-state index in [1.165, 1.54) is 25.7 Å². The van der Waals surface area contributed by atoms with Gasteiger partial charge in [-0.1, -0.05) is 56.0 Å². The average Bonchev–Trinajstić information content (AvgIpc) is 3.03. The minimum atomic E-state index is -0.322. The van der Waals surface area contributed by atoms with E-state index in [1.54, 1.807) is 0 Å². The van der Waals surface area contributed by atoms with Gasteiger partial charge in [0.05, 0.1) is 6.17 Å². The second-order valence-corrected chi connectivity index (χ2v) is 8.08. The van der Waals surface area contributed by atoms with Crippen molar-refractivity contribution in [2.75, 3.05) is 11.9 Å². The zero-order valence-corrected chi connectivity index (χ0v) is 16.7. The van der Waals surface area contributed by atoms with E-state index in [0.717, 1.165) is 42.3 Å². The van der Waals surface area contributed by atoms with Gasteiger partial charge in [0.25, 0.3) is 0 Å². The zero-order valence-electron chi connectivity index (χ0n) is 16.7. The highest BCUT2D eigenvalue weighted by Crippen LogP contribution is 2.25. The number of nitrogens with one attached hydrogen (secondary N) is 4. The molecule has 7 heteroatoms. The molecule has 7 nitrogen and oxygen atoms in total. The van der Waals surface area contributed by atoms with Gasteiger partial charge >= 0.3 is 6.03 Å². The molecule has 0 spiro atoms. The topological polar surface area (TPSA) is 88.7 Å². The predicted molar refractivity (Wildman–Crippen MR) is 115 cm³/mol. The molecule has 1 saturated carbocycles. The molecule has 2 amide bonds. The minimum absolute atomic E-state index is 0.233. The molecule has 2 fully saturated rings. The Hall–Kier alpha value is -2.19. The number of hydrogen-bond acceptors (Lipinski definition) is 5. The van der Waals surface area contributed by atoms with Crippen molar-refractivity contribution >= 4 is 22.5 Å². The molecule has 4 rings (SSSR count). The molecule has 1 saturated heterocycles. The van der Waals surface area contributed by atoms with E-state index in [1.807, 2.05) is 36.4 Å². The summed E-state index contributed by atoms with van der Waals surface area (Å²) in [6, 6.07) is 14.2. The SMILES string of the molecule is O=C(Nc1ccc2ccccc2c1)NC1NC(NO)CCN1C1CCCCCC1. The first-order chi connectivity index (χ1) is 14.2. The molecule has 1 aliphatic carbocycles. The summed E-state index contributed by atoms with van der Waals surface area (Å²) < 4.78 is 0. The van der Waals surface area contributed by atoms with Crippen LogP contribution in [0.15, 0.2) is 42.5 Å². The fraction of sp³-hybridized carbons (Fsp3) is 0.500. The van der Waals surface area contributed by atoms with Crippen molar-refractivity contribution in [2.45, 2.75) is 63.4 Å². The molecular weight excluding hydrogens is 366 g/mol. The minimum Gasteiger partial charge on any atom is -0.315 e. The van der Waals surface area contributed by atoms with Crippen LogP contribution in [0.1, 0.15) is 44.9 Å². The standard InChI is InChI=1S/C22H31N5O2/c28-22(23-18-12-11-16-7-5-6-8-17(16)15-18)25-21-24-20(26-29)13-14-27(21)19-9-3-1-2-4-10-19/h5-8,11-12,15,19-21,24,26,29H,1-4,9-10,13-14H2,(H2,23,25,28). The third-order valence-corrected chi connectivity index (χ3v) is 6.09. The molecule has 29 heavy (non-hydrogen) atoms. The van der Waals surface area contributed by atoms with Crippen molar-refractivity contribution in [3.8, 4) is 0 Å². The average molecular weight is 398 g/mol. The molecule has 2 aliphatic rings. The number of anilines is 1. The molecule has 2 aromatic rings. The van der Waals surface area contributed by atoms with Crippen LogP contribution in [-0.4, -0.2) is 41.2 Å². The lowest BCUT2D eigenvalue weighted by Crippen LogP contribution is -2.68. The number of urea groups is 1. The van der Waals surface area contributed by atoms with Crippen LogP contribution in [0.4, 0.5) is 10.5 Å². The van der Waals surface area contributed by atoms with Crippen LogP contribution in [0.5, 0.6) is 0 Å². The zero-order chi connectivity index (χ0) is 20.1. The summed E-state index contributed by atoms with van der Waals surface area (Å²) in [6.07, 6.45) is 7.60. The smallest absolute Gasteiger partial charge is 0.315 e. The molecule has 2 atom stereocenters. The number of hydroxylamine groups is 1. The first kappa shape index (κ1) is 20.1. The van der Waals surface area contributed by atoms with Crippen molar-refractivity contribution < 1.29 is 10.0 Å². The highest BCUT2D eigenvalue weighted by atomic mass is 16.5. The number of nitrogens with zero attached hydrogens (tertiary/aromatic N) is 1. The number of benzene rings is 2. The quantitative estimate of drug-likeness (QED) is 0.402. The highest BCUT2D eigenvalue weighted by molar-refractivity contribution is 5.93. The van der Waals surface area contributed by atoms with E-state index in [2.05, 4.69) is 32.4 Å². The van der Waals surface area contributed by atoms with Gasteiger partial charge in [0.15, 0.2) is 0 Å². The van der Waals surface area contributed by atoms with Gasteiger partial charge in [-0.3, -0.25) is 10.2 Å². The van der Waals surface area contributed by atoms with Gasteiger partial charge in [0, 0.05) is 18.3 Å². The second kappa shape index (κ2) is 9.54. The number of carbonyl (C=O) groups is 1. The monoisotopic (exact) mass is 397 g/mol. The maximum atomic E-state index is 12.7. The number of fused-ring (bicyclic) bond motifs is 1. The van der Waals surface area contributed by atoms with Crippen LogP contribution < -0.4 is 21.4 Å². The largest absolute Gasteiger partial charge is 0.321 e. The lowest BCUT2D eigenvalue weighted by molar-refractivity contribution is -0.00429. The van der Waals surface area contributed by atoms with Crippen molar-refractivity contribution in [1.82, 2.24) is 21.0 Å². The highest BCUT2D eigenvalue weighted by Gasteiger charge is 2.33. The van der Waals surface area contributed by atoms with Crippen molar-refractivity contribution in [2.24, 2.45) is 0 Å². The molecule has 2 aromatic carbocycles. The first-order valence-electron chi connectivity index (χ1n) is 10.7. The summed E-state index contributed by atoms with van der Waals surface area (Å²) in [5, 5.41) is 20.9. The number of rotatable bonds is 4. The normalized spacial score (nSPS) is 24.2. The van der Waals surface area contributed by atoms with Gasteiger partial charge in [0.1, 0.15) is 6.29 Å². The molecule has 2 unspecified atom stereocenters. The Morgan fingerprint density at radius 2 is 1.76 bits per heavy atom. The molecule has 5 N–H and O–H groups in total. The predicted octanol–water partition coefficient (Wildman–Crippen LogP) is 3.57. The van der Waals surface area contributed by atoms with E-state index >= 15 is 0 Å². The van der Waals surface area contributed by atoms with E-state index in [0.29, 0.717) is 6.04 Å². The van der Waals surface area contributed by atoms with Crippen molar-refractivity contribution in [1.29, 1.82) is 0 Å². The Bertz CT molecular complexity index is 822. The Kier molecular flexibility index (Phi) is 6.61. The molecule has 1 heterocycles. The van der Waals surface area contributed by atoms with E-state index in [4.69, 9.17) is 0 Å². The second-order valence-electron chi connectivity index (χ2n) is 8.08.